The van der Waals surface area contributed by atoms with Gasteiger partial charge in [0, 0.05) is 17.8 Å². The van der Waals surface area contributed by atoms with Crippen LogP contribution in [0.4, 0.5) is 0 Å². The molecule has 1 saturated carbocycles. The van der Waals surface area contributed by atoms with Crippen LogP contribution in [0, 0.1) is 0 Å². The Bertz CT molecular complexity index is 326. The maximum atomic E-state index is 4.55. The lowest BCUT2D eigenvalue weighted by molar-refractivity contribution is 0.672. The van der Waals surface area contributed by atoms with Crippen LogP contribution in [-0.4, -0.2) is 4.98 Å². The predicted molar refractivity (Wildman–Crippen MR) is 52.9 cm³/mol. The molecule has 68 valence electrons. The number of aryl methyl sites for hydroxylation is 1. The summed E-state index contributed by atoms with van der Waals surface area (Å²) >= 11 is 0. The van der Waals surface area contributed by atoms with Crippen LogP contribution in [0.2, 0.25) is 0 Å². The van der Waals surface area contributed by atoms with Gasteiger partial charge in [-0.05, 0) is 55.7 Å². The van der Waals surface area contributed by atoms with Gasteiger partial charge in [0.2, 0.25) is 0 Å². The van der Waals surface area contributed by atoms with Gasteiger partial charge in [-0.3, -0.25) is 4.98 Å². The molecule has 0 unspecified atom stereocenters. The van der Waals surface area contributed by atoms with Crippen molar-refractivity contribution in [1.82, 2.24) is 4.98 Å². The molecule has 1 fully saturated rings. The first-order valence-electron chi connectivity index (χ1n) is 5.42. The minimum atomic E-state index is 0.827. The number of aromatic nitrogens is 1. The highest BCUT2D eigenvalue weighted by Crippen LogP contribution is 2.42. The van der Waals surface area contributed by atoms with E-state index in [1.807, 2.05) is 6.20 Å². The molecule has 0 bridgehead atoms. The van der Waals surface area contributed by atoms with E-state index in [-0.39, 0.29) is 0 Å². The van der Waals surface area contributed by atoms with Crippen LogP contribution in [0.25, 0.3) is 0 Å². The molecule has 1 aromatic heterocycles. The van der Waals surface area contributed by atoms with Crippen molar-refractivity contribution < 1.29 is 0 Å². The summed E-state index contributed by atoms with van der Waals surface area (Å²) in [5.74, 6) is 0.827. The standard InChI is InChI=1S/C12H15N/c1-2-4-11-9(3-1)7-8-13-12(11)10-5-6-10/h7-8,10H,1-6H2. The Balaban J connectivity index is 2.07. The van der Waals surface area contributed by atoms with Gasteiger partial charge < -0.3 is 0 Å². The fourth-order valence-corrected chi connectivity index (χ4v) is 2.40. The number of hydrogen-bond donors (Lipinski definition) is 0. The van der Waals surface area contributed by atoms with Crippen LogP contribution >= 0.6 is 0 Å². The summed E-state index contributed by atoms with van der Waals surface area (Å²) in [6.45, 7) is 0. The van der Waals surface area contributed by atoms with Crippen molar-refractivity contribution in [1.29, 1.82) is 0 Å². The molecule has 1 aromatic rings. The second-order valence-corrected chi connectivity index (χ2v) is 4.32. The molecule has 0 spiro atoms. The van der Waals surface area contributed by atoms with E-state index in [1.54, 1.807) is 11.1 Å². The lowest BCUT2D eigenvalue weighted by Gasteiger charge is -2.17. The highest BCUT2D eigenvalue weighted by molar-refractivity contribution is 5.35. The molecule has 1 heteroatoms. The Morgan fingerprint density at radius 2 is 2.00 bits per heavy atom. The largest absolute Gasteiger partial charge is 0.261 e. The van der Waals surface area contributed by atoms with Crippen LogP contribution in [0.1, 0.15) is 48.4 Å². The summed E-state index contributed by atoms with van der Waals surface area (Å²) in [6.07, 6.45) is 10.1. The van der Waals surface area contributed by atoms with Crippen molar-refractivity contribution in [3.05, 3.63) is 29.1 Å². The molecule has 0 amide bonds. The van der Waals surface area contributed by atoms with Gasteiger partial charge in [0.15, 0.2) is 0 Å². The van der Waals surface area contributed by atoms with Gasteiger partial charge in [0.05, 0.1) is 0 Å². The molecule has 1 heterocycles. The Labute approximate surface area is 79.2 Å². The molecule has 1 nitrogen and oxygen atoms in total. The van der Waals surface area contributed by atoms with Gasteiger partial charge in [-0.25, -0.2) is 0 Å². The summed E-state index contributed by atoms with van der Waals surface area (Å²) in [5.41, 5.74) is 4.64. The third-order valence-corrected chi connectivity index (χ3v) is 3.27. The quantitative estimate of drug-likeness (QED) is 0.636. The lowest BCUT2D eigenvalue weighted by atomic mass is 9.90. The Hall–Kier alpha value is -0.850. The van der Waals surface area contributed by atoms with E-state index in [0.29, 0.717) is 0 Å². The molecule has 13 heavy (non-hydrogen) atoms. The fourth-order valence-electron chi connectivity index (χ4n) is 2.40. The summed E-state index contributed by atoms with van der Waals surface area (Å²) < 4.78 is 0. The third-order valence-electron chi connectivity index (χ3n) is 3.27. The first-order chi connectivity index (χ1) is 6.45. The van der Waals surface area contributed by atoms with Crippen LogP contribution in [0.15, 0.2) is 12.3 Å². The molecule has 3 rings (SSSR count). The maximum absolute atomic E-state index is 4.55. The summed E-state index contributed by atoms with van der Waals surface area (Å²) in [5, 5.41) is 0. The molecule has 0 N–H and O–H groups in total. The molecular weight excluding hydrogens is 158 g/mol. The first-order valence-corrected chi connectivity index (χ1v) is 5.42. The zero-order chi connectivity index (χ0) is 8.67. The van der Waals surface area contributed by atoms with Gasteiger partial charge in [-0.1, -0.05) is 0 Å². The molecular formula is C12H15N. The third kappa shape index (κ3) is 1.27. The minimum absolute atomic E-state index is 0.827. The average Bonchev–Trinajstić information content (AvgIpc) is 3.00. The van der Waals surface area contributed by atoms with Crippen molar-refractivity contribution in [2.75, 3.05) is 0 Å². The zero-order valence-electron chi connectivity index (χ0n) is 7.92. The highest BCUT2D eigenvalue weighted by atomic mass is 14.7. The first kappa shape index (κ1) is 7.54. The average molecular weight is 173 g/mol. The monoisotopic (exact) mass is 173 g/mol. The summed E-state index contributed by atoms with van der Waals surface area (Å²) in [6, 6.07) is 2.22. The number of nitrogens with zero attached hydrogens (tertiary/aromatic N) is 1. The smallest absolute Gasteiger partial charge is 0.0469 e. The number of pyridine rings is 1. The maximum Gasteiger partial charge on any atom is 0.0469 e. The predicted octanol–water partition coefficient (Wildman–Crippen LogP) is 2.84. The summed E-state index contributed by atoms with van der Waals surface area (Å²) in [7, 11) is 0. The van der Waals surface area contributed by atoms with Gasteiger partial charge >= 0.3 is 0 Å². The van der Waals surface area contributed by atoms with Gasteiger partial charge in [0.1, 0.15) is 0 Å². The number of hydrogen-bond acceptors (Lipinski definition) is 1. The number of rotatable bonds is 1. The zero-order valence-corrected chi connectivity index (χ0v) is 7.92. The van der Waals surface area contributed by atoms with Crippen LogP contribution in [-0.2, 0) is 12.8 Å². The van der Waals surface area contributed by atoms with Gasteiger partial charge in [0.25, 0.3) is 0 Å². The molecule has 2 aliphatic carbocycles. The van der Waals surface area contributed by atoms with Gasteiger partial charge in [-0.2, -0.15) is 0 Å². The molecule has 0 atom stereocenters. The van der Waals surface area contributed by atoms with E-state index in [2.05, 4.69) is 11.1 Å². The molecule has 0 saturated heterocycles. The van der Waals surface area contributed by atoms with Crippen molar-refractivity contribution in [2.45, 2.75) is 44.4 Å². The molecule has 2 aliphatic rings. The SMILES string of the molecule is c1cc2c(c(C3CC3)n1)CCCC2. The molecule has 0 aliphatic heterocycles. The fraction of sp³-hybridized carbons (Fsp3) is 0.583. The van der Waals surface area contributed by atoms with E-state index in [9.17, 15) is 0 Å². The second-order valence-electron chi connectivity index (χ2n) is 4.32. The topological polar surface area (TPSA) is 12.9 Å². The van der Waals surface area contributed by atoms with Crippen LogP contribution in [0.5, 0.6) is 0 Å². The Morgan fingerprint density at radius 1 is 1.15 bits per heavy atom. The number of fused-ring (bicyclic) bond motifs is 1. The van der Waals surface area contributed by atoms with E-state index in [0.717, 1.165) is 5.92 Å². The summed E-state index contributed by atoms with van der Waals surface area (Å²) in [4.78, 5) is 4.55. The molecule has 0 aromatic carbocycles. The van der Waals surface area contributed by atoms with Gasteiger partial charge in [-0.15, -0.1) is 0 Å². The van der Waals surface area contributed by atoms with E-state index >= 15 is 0 Å². The van der Waals surface area contributed by atoms with E-state index < -0.39 is 0 Å². The van der Waals surface area contributed by atoms with Crippen molar-refractivity contribution >= 4 is 0 Å². The lowest BCUT2D eigenvalue weighted by Crippen LogP contribution is -2.07. The Morgan fingerprint density at radius 3 is 2.85 bits per heavy atom. The normalized spacial score (nSPS) is 21.2. The van der Waals surface area contributed by atoms with Crippen molar-refractivity contribution in [3.63, 3.8) is 0 Å². The molecule has 0 radical (unpaired) electrons. The minimum Gasteiger partial charge on any atom is -0.261 e. The Kier molecular flexibility index (Phi) is 1.64. The second kappa shape index (κ2) is 2.83. The van der Waals surface area contributed by atoms with Crippen LogP contribution in [0.3, 0.4) is 0 Å². The van der Waals surface area contributed by atoms with E-state index in [4.69, 9.17) is 0 Å². The van der Waals surface area contributed by atoms with Crippen molar-refractivity contribution in [2.24, 2.45) is 0 Å². The van der Waals surface area contributed by atoms with Crippen molar-refractivity contribution in [3.8, 4) is 0 Å². The highest BCUT2D eigenvalue weighted by Gasteiger charge is 2.28. The van der Waals surface area contributed by atoms with E-state index in [1.165, 1.54) is 44.2 Å². The van der Waals surface area contributed by atoms with Crippen LogP contribution < -0.4 is 0 Å².